The van der Waals surface area contributed by atoms with Crippen LogP contribution in [0.2, 0.25) is 0 Å². The molecular weight excluding hydrogens is 321 g/mol. The molecule has 1 amide bonds. The average Bonchev–Trinajstić information content (AvgIpc) is 2.64. The number of carbonyl (C=O) groups is 2. The van der Waals surface area contributed by atoms with Crippen LogP contribution in [-0.4, -0.2) is 17.0 Å². The van der Waals surface area contributed by atoms with Crippen molar-refractivity contribution in [2.24, 2.45) is 0 Å². The number of rotatable bonds is 4. The highest BCUT2D eigenvalue weighted by molar-refractivity contribution is 6.07. The van der Waals surface area contributed by atoms with Crippen LogP contribution in [0.3, 0.4) is 0 Å². The van der Waals surface area contributed by atoms with E-state index >= 15 is 0 Å². The molecule has 0 unspecified atom stereocenters. The van der Waals surface area contributed by atoms with E-state index < -0.39 is 17.7 Å². The smallest absolute Gasteiger partial charge is 0.337 e. The number of carbonyl (C=O) groups excluding carboxylic acids is 1. The van der Waals surface area contributed by atoms with Gasteiger partial charge in [-0.2, -0.15) is 0 Å². The Balaban J connectivity index is 1.82. The monoisotopic (exact) mass is 335 g/mol. The molecule has 5 heteroatoms. The van der Waals surface area contributed by atoms with E-state index in [0.29, 0.717) is 5.56 Å². The van der Waals surface area contributed by atoms with E-state index in [9.17, 15) is 14.0 Å². The number of anilines is 1. The predicted octanol–water partition coefficient (Wildman–Crippen LogP) is 4.44. The van der Waals surface area contributed by atoms with Crippen LogP contribution >= 0.6 is 0 Å². The molecule has 3 aromatic carbocycles. The molecule has 0 aliphatic heterocycles. The summed E-state index contributed by atoms with van der Waals surface area (Å²) in [7, 11) is 0. The van der Waals surface area contributed by atoms with Gasteiger partial charge in [-0.25, -0.2) is 9.18 Å². The molecule has 124 valence electrons. The van der Waals surface area contributed by atoms with Gasteiger partial charge in [-0.05, 0) is 41.5 Å². The first-order valence-electron chi connectivity index (χ1n) is 7.54. The van der Waals surface area contributed by atoms with Gasteiger partial charge >= 0.3 is 5.97 Å². The summed E-state index contributed by atoms with van der Waals surface area (Å²) >= 11 is 0. The molecule has 25 heavy (non-hydrogen) atoms. The Morgan fingerprint density at radius 2 is 1.48 bits per heavy atom. The number of benzene rings is 3. The van der Waals surface area contributed by atoms with Gasteiger partial charge in [-0.15, -0.1) is 0 Å². The minimum absolute atomic E-state index is 0.0473. The van der Waals surface area contributed by atoms with Gasteiger partial charge in [0.05, 0.1) is 11.3 Å². The van der Waals surface area contributed by atoms with Crippen LogP contribution in [0.15, 0.2) is 72.8 Å². The van der Waals surface area contributed by atoms with Crippen molar-refractivity contribution in [3.05, 3.63) is 89.7 Å². The molecule has 0 aliphatic rings. The van der Waals surface area contributed by atoms with E-state index in [2.05, 4.69) is 5.32 Å². The molecule has 0 aromatic heterocycles. The first-order valence-corrected chi connectivity index (χ1v) is 7.54. The average molecular weight is 335 g/mol. The SMILES string of the molecule is O=C(Nc1ccc(F)cc1C(=O)O)c1ccc(-c2ccccc2)cc1. The molecule has 0 radical (unpaired) electrons. The Morgan fingerprint density at radius 3 is 2.12 bits per heavy atom. The minimum Gasteiger partial charge on any atom is -0.478 e. The molecule has 0 fully saturated rings. The fraction of sp³-hybridized carbons (Fsp3) is 0. The maximum absolute atomic E-state index is 13.2. The van der Waals surface area contributed by atoms with Crippen LogP contribution in [-0.2, 0) is 0 Å². The van der Waals surface area contributed by atoms with E-state index in [4.69, 9.17) is 5.11 Å². The normalized spacial score (nSPS) is 10.3. The molecule has 0 spiro atoms. The fourth-order valence-electron chi connectivity index (χ4n) is 2.44. The lowest BCUT2D eigenvalue weighted by Crippen LogP contribution is -2.15. The molecule has 2 N–H and O–H groups in total. The maximum atomic E-state index is 13.2. The van der Waals surface area contributed by atoms with Crippen molar-refractivity contribution in [3.8, 4) is 11.1 Å². The Bertz CT molecular complexity index is 921. The summed E-state index contributed by atoms with van der Waals surface area (Å²) in [5.74, 6) is -2.45. The van der Waals surface area contributed by atoms with E-state index in [1.165, 1.54) is 6.07 Å². The molecule has 3 rings (SSSR count). The third-order valence-electron chi connectivity index (χ3n) is 3.71. The topological polar surface area (TPSA) is 66.4 Å². The quantitative estimate of drug-likeness (QED) is 0.740. The van der Waals surface area contributed by atoms with Gasteiger partial charge < -0.3 is 10.4 Å². The lowest BCUT2D eigenvalue weighted by molar-refractivity contribution is 0.0697. The van der Waals surface area contributed by atoms with Gasteiger partial charge in [0.25, 0.3) is 5.91 Å². The second kappa shape index (κ2) is 6.97. The molecule has 0 saturated carbocycles. The number of carboxylic acids is 1. The molecule has 0 heterocycles. The molecule has 0 atom stereocenters. The summed E-state index contributed by atoms with van der Waals surface area (Å²) in [5.41, 5.74) is 2.12. The number of carboxylic acid groups (broad SMARTS) is 1. The Labute approximate surface area is 143 Å². The first-order chi connectivity index (χ1) is 12.0. The molecule has 0 bridgehead atoms. The number of amides is 1. The summed E-state index contributed by atoms with van der Waals surface area (Å²) in [4.78, 5) is 23.5. The Kier molecular flexibility index (Phi) is 4.57. The zero-order valence-corrected chi connectivity index (χ0v) is 13.1. The zero-order chi connectivity index (χ0) is 17.8. The highest BCUT2D eigenvalue weighted by Gasteiger charge is 2.14. The van der Waals surface area contributed by atoms with Gasteiger partial charge in [0.1, 0.15) is 5.82 Å². The van der Waals surface area contributed by atoms with Gasteiger partial charge in [0.15, 0.2) is 0 Å². The van der Waals surface area contributed by atoms with Crippen molar-refractivity contribution in [1.82, 2.24) is 0 Å². The molecule has 3 aromatic rings. The fourth-order valence-corrected chi connectivity index (χ4v) is 2.44. The second-order valence-electron chi connectivity index (χ2n) is 5.39. The van der Waals surface area contributed by atoms with Crippen molar-refractivity contribution in [2.45, 2.75) is 0 Å². The molecule has 4 nitrogen and oxygen atoms in total. The summed E-state index contributed by atoms with van der Waals surface area (Å²) < 4.78 is 13.2. The molecule has 0 saturated heterocycles. The van der Waals surface area contributed by atoms with Crippen molar-refractivity contribution in [3.63, 3.8) is 0 Å². The van der Waals surface area contributed by atoms with Crippen molar-refractivity contribution in [2.75, 3.05) is 5.32 Å². The Morgan fingerprint density at radius 1 is 0.840 bits per heavy atom. The van der Waals surface area contributed by atoms with Crippen LogP contribution in [0.4, 0.5) is 10.1 Å². The second-order valence-corrected chi connectivity index (χ2v) is 5.39. The third kappa shape index (κ3) is 3.72. The minimum atomic E-state index is -1.31. The highest BCUT2D eigenvalue weighted by atomic mass is 19.1. The van der Waals surface area contributed by atoms with E-state index in [1.807, 2.05) is 42.5 Å². The maximum Gasteiger partial charge on any atom is 0.337 e. The van der Waals surface area contributed by atoms with Gasteiger partial charge in [-0.1, -0.05) is 42.5 Å². The van der Waals surface area contributed by atoms with Gasteiger partial charge in [0, 0.05) is 5.56 Å². The van der Waals surface area contributed by atoms with E-state index in [-0.39, 0.29) is 11.3 Å². The van der Waals surface area contributed by atoms with Crippen LogP contribution in [0, 0.1) is 5.82 Å². The van der Waals surface area contributed by atoms with Crippen LogP contribution < -0.4 is 5.32 Å². The van der Waals surface area contributed by atoms with Crippen LogP contribution in [0.5, 0.6) is 0 Å². The summed E-state index contributed by atoms with van der Waals surface area (Å²) in [5, 5.41) is 11.6. The zero-order valence-electron chi connectivity index (χ0n) is 13.1. The molecular formula is C20H14FNO3. The van der Waals surface area contributed by atoms with Crippen LogP contribution in [0.1, 0.15) is 20.7 Å². The number of nitrogens with one attached hydrogen (secondary N) is 1. The van der Waals surface area contributed by atoms with E-state index in [1.54, 1.807) is 12.1 Å². The van der Waals surface area contributed by atoms with E-state index in [0.717, 1.165) is 23.3 Å². The lowest BCUT2D eigenvalue weighted by Gasteiger charge is -2.09. The van der Waals surface area contributed by atoms with Crippen molar-refractivity contribution >= 4 is 17.6 Å². The largest absolute Gasteiger partial charge is 0.478 e. The van der Waals surface area contributed by atoms with Crippen LogP contribution in [0.25, 0.3) is 11.1 Å². The van der Waals surface area contributed by atoms with Gasteiger partial charge in [0.2, 0.25) is 0 Å². The summed E-state index contributed by atoms with van der Waals surface area (Å²) in [6, 6.07) is 19.8. The van der Waals surface area contributed by atoms with Crippen molar-refractivity contribution in [1.29, 1.82) is 0 Å². The number of hydrogen-bond donors (Lipinski definition) is 2. The molecule has 0 aliphatic carbocycles. The van der Waals surface area contributed by atoms with Gasteiger partial charge in [-0.3, -0.25) is 4.79 Å². The number of aromatic carboxylic acids is 1. The first kappa shape index (κ1) is 16.4. The standard InChI is InChI=1S/C20H14FNO3/c21-16-10-11-18(17(12-16)20(24)25)22-19(23)15-8-6-14(7-9-15)13-4-2-1-3-5-13/h1-12H,(H,22,23)(H,24,25). The number of hydrogen-bond acceptors (Lipinski definition) is 2. The Hall–Kier alpha value is -3.47. The lowest BCUT2D eigenvalue weighted by atomic mass is 10.0. The summed E-state index contributed by atoms with van der Waals surface area (Å²) in [6.07, 6.45) is 0. The number of halogens is 1. The van der Waals surface area contributed by atoms with Crippen molar-refractivity contribution < 1.29 is 19.1 Å². The highest BCUT2D eigenvalue weighted by Crippen LogP contribution is 2.21. The third-order valence-corrected chi connectivity index (χ3v) is 3.71. The predicted molar refractivity (Wildman–Crippen MR) is 93.2 cm³/mol. The summed E-state index contributed by atoms with van der Waals surface area (Å²) in [6.45, 7) is 0.